The number of rotatable bonds is 4. The van der Waals surface area contributed by atoms with Crippen molar-refractivity contribution in [3.8, 4) is 6.07 Å². The number of amides is 2. The molecule has 6 heteroatoms. The van der Waals surface area contributed by atoms with Crippen LogP contribution in [0.4, 0.5) is 11.4 Å². The molecule has 0 saturated carbocycles. The van der Waals surface area contributed by atoms with Crippen LogP contribution in [0.5, 0.6) is 0 Å². The molecule has 4 rings (SSSR count). The van der Waals surface area contributed by atoms with Crippen LogP contribution in [0.3, 0.4) is 0 Å². The number of benzene rings is 2. The maximum Gasteiger partial charge on any atom is 0.282 e. The Hall–Kier alpha value is -3.69. The topological polar surface area (TPSA) is 73.2 Å². The zero-order valence-electron chi connectivity index (χ0n) is 15.0. The molecule has 0 unspecified atom stereocenters. The van der Waals surface area contributed by atoms with Crippen LogP contribution in [0, 0.1) is 18.3 Å². The number of carbonyl (C=O) groups is 2. The lowest BCUT2D eigenvalue weighted by atomic mass is 10.1. The van der Waals surface area contributed by atoms with E-state index >= 15 is 0 Å². The monoisotopic (exact) mass is 385 g/mol. The van der Waals surface area contributed by atoms with Crippen molar-refractivity contribution in [3.63, 3.8) is 0 Å². The van der Waals surface area contributed by atoms with Crippen molar-refractivity contribution in [2.75, 3.05) is 10.2 Å². The highest BCUT2D eigenvalue weighted by molar-refractivity contribution is 7.11. The van der Waals surface area contributed by atoms with Gasteiger partial charge in [-0.25, -0.2) is 4.90 Å². The molecule has 3 aromatic rings. The smallest absolute Gasteiger partial charge is 0.282 e. The number of nitrogens with zero attached hydrogens (tertiary/aromatic N) is 2. The van der Waals surface area contributed by atoms with Crippen molar-refractivity contribution < 1.29 is 9.59 Å². The molecule has 0 bridgehead atoms. The fourth-order valence-corrected chi connectivity index (χ4v) is 3.76. The molecule has 0 spiro atoms. The van der Waals surface area contributed by atoms with Crippen LogP contribution in [-0.4, -0.2) is 11.8 Å². The van der Waals surface area contributed by atoms with Crippen LogP contribution in [-0.2, 0) is 9.59 Å². The second kappa shape index (κ2) is 7.14. The van der Waals surface area contributed by atoms with Gasteiger partial charge in [-0.3, -0.25) is 9.59 Å². The van der Waals surface area contributed by atoms with Gasteiger partial charge in [-0.15, -0.1) is 11.3 Å². The Balaban J connectivity index is 1.77. The SMILES string of the molecule is Cc1ccc(NC2=C(c3cccs3)C(=O)N(c3ccc(C#N)cc3)C2=O)cc1. The second-order valence-electron chi connectivity index (χ2n) is 6.32. The Morgan fingerprint density at radius 2 is 1.68 bits per heavy atom. The summed E-state index contributed by atoms with van der Waals surface area (Å²) in [6.07, 6.45) is 0. The molecule has 0 atom stereocenters. The summed E-state index contributed by atoms with van der Waals surface area (Å²) in [5.41, 5.74) is 3.34. The molecular weight excluding hydrogens is 370 g/mol. The standard InChI is InChI=1S/C22H15N3O2S/c1-14-4-8-16(9-5-14)24-20-19(18-3-2-12-28-18)21(26)25(22(20)27)17-10-6-15(13-23)7-11-17/h2-12,24H,1H3. The summed E-state index contributed by atoms with van der Waals surface area (Å²) < 4.78 is 0. The molecule has 5 nitrogen and oxygen atoms in total. The average Bonchev–Trinajstić information content (AvgIpc) is 3.31. The molecule has 136 valence electrons. The van der Waals surface area contributed by atoms with Gasteiger partial charge in [-0.05, 0) is 54.8 Å². The number of thiophene rings is 1. The summed E-state index contributed by atoms with van der Waals surface area (Å²) in [7, 11) is 0. The highest BCUT2D eigenvalue weighted by Gasteiger charge is 2.40. The molecule has 1 aliphatic rings. The number of aryl methyl sites for hydroxylation is 1. The van der Waals surface area contributed by atoms with E-state index in [-0.39, 0.29) is 11.6 Å². The Morgan fingerprint density at radius 3 is 2.29 bits per heavy atom. The van der Waals surface area contributed by atoms with Gasteiger partial charge in [0, 0.05) is 10.6 Å². The first-order chi connectivity index (χ1) is 13.6. The van der Waals surface area contributed by atoms with Crippen molar-refractivity contribution in [1.29, 1.82) is 5.26 Å². The first kappa shape index (κ1) is 17.7. The van der Waals surface area contributed by atoms with Gasteiger partial charge in [0.15, 0.2) is 0 Å². The van der Waals surface area contributed by atoms with Crippen LogP contribution in [0.2, 0.25) is 0 Å². The molecule has 2 amide bonds. The lowest BCUT2D eigenvalue weighted by Gasteiger charge is -2.15. The summed E-state index contributed by atoms with van der Waals surface area (Å²) in [6, 6.07) is 19.7. The summed E-state index contributed by atoms with van der Waals surface area (Å²) >= 11 is 1.41. The number of carbonyl (C=O) groups excluding carboxylic acids is 2. The minimum absolute atomic E-state index is 0.251. The normalized spacial score (nSPS) is 13.8. The largest absolute Gasteiger partial charge is 0.350 e. The molecule has 2 aromatic carbocycles. The molecular formula is C22H15N3O2S. The second-order valence-corrected chi connectivity index (χ2v) is 7.27. The van der Waals surface area contributed by atoms with Crippen molar-refractivity contribution >= 4 is 40.1 Å². The van der Waals surface area contributed by atoms with E-state index in [4.69, 9.17) is 5.26 Å². The third-order valence-corrected chi connectivity index (χ3v) is 5.31. The van der Waals surface area contributed by atoms with Crippen LogP contribution in [0.25, 0.3) is 5.57 Å². The quantitative estimate of drug-likeness (QED) is 0.679. The van der Waals surface area contributed by atoms with Crippen LogP contribution in [0.15, 0.2) is 71.7 Å². The van der Waals surface area contributed by atoms with E-state index < -0.39 is 5.91 Å². The van der Waals surface area contributed by atoms with Crippen LogP contribution < -0.4 is 10.2 Å². The van der Waals surface area contributed by atoms with E-state index in [2.05, 4.69) is 5.32 Å². The molecule has 0 aliphatic carbocycles. The van der Waals surface area contributed by atoms with Gasteiger partial charge in [-0.1, -0.05) is 23.8 Å². The fourth-order valence-electron chi connectivity index (χ4n) is 3.00. The third kappa shape index (κ3) is 3.08. The van der Waals surface area contributed by atoms with E-state index in [0.717, 1.165) is 21.0 Å². The van der Waals surface area contributed by atoms with Gasteiger partial charge in [0.25, 0.3) is 11.8 Å². The fraction of sp³-hybridized carbons (Fsp3) is 0.0455. The number of hydrogen-bond donors (Lipinski definition) is 1. The van der Waals surface area contributed by atoms with Gasteiger partial charge < -0.3 is 5.32 Å². The lowest BCUT2D eigenvalue weighted by Crippen LogP contribution is -2.32. The molecule has 0 radical (unpaired) electrons. The summed E-state index contributed by atoms with van der Waals surface area (Å²) in [5.74, 6) is -0.801. The van der Waals surface area contributed by atoms with E-state index in [9.17, 15) is 9.59 Å². The Kier molecular flexibility index (Phi) is 4.52. The minimum Gasteiger partial charge on any atom is -0.350 e. The summed E-state index contributed by atoms with van der Waals surface area (Å²) in [6.45, 7) is 1.98. The zero-order valence-corrected chi connectivity index (χ0v) is 15.8. The molecule has 0 fully saturated rings. The van der Waals surface area contributed by atoms with E-state index in [1.165, 1.54) is 11.3 Å². The van der Waals surface area contributed by atoms with E-state index in [0.29, 0.717) is 16.8 Å². The van der Waals surface area contributed by atoms with Gasteiger partial charge >= 0.3 is 0 Å². The van der Waals surface area contributed by atoms with Gasteiger partial charge in [0.2, 0.25) is 0 Å². The Bertz CT molecular complexity index is 1120. The highest BCUT2D eigenvalue weighted by atomic mass is 32.1. The highest BCUT2D eigenvalue weighted by Crippen LogP contribution is 2.35. The average molecular weight is 385 g/mol. The molecule has 1 aromatic heterocycles. The number of hydrogen-bond acceptors (Lipinski definition) is 5. The van der Waals surface area contributed by atoms with Gasteiger partial charge in [0.1, 0.15) is 5.70 Å². The van der Waals surface area contributed by atoms with Crippen molar-refractivity contribution in [1.82, 2.24) is 0 Å². The van der Waals surface area contributed by atoms with E-state index in [1.54, 1.807) is 24.3 Å². The van der Waals surface area contributed by atoms with Crippen LogP contribution in [0.1, 0.15) is 16.0 Å². The maximum absolute atomic E-state index is 13.2. The molecule has 0 saturated heterocycles. The number of anilines is 2. The Labute approximate surface area is 166 Å². The zero-order chi connectivity index (χ0) is 19.7. The third-order valence-electron chi connectivity index (χ3n) is 4.43. The summed E-state index contributed by atoms with van der Waals surface area (Å²) in [5, 5.41) is 14.0. The number of imide groups is 1. The first-order valence-electron chi connectivity index (χ1n) is 8.59. The maximum atomic E-state index is 13.2. The number of nitriles is 1. The predicted octanol–water partition coefficient (Wildman–Crippen LogP) is 4.32. The Morgan fingerprint density at radius 1 is 0.964 bits per heavy atom. The predicted molar refractivity (Wildman–Crippen MR) is 110 cm³/mol. The van der Waals surface area contributed by atoms with Crippen molar-refractivity contribution in [2.24, 2.45) is 0 Å². The van der Waals surface area contributed by atoms with Gasteiger partial charge in [-0.2, -0.15) is 5.26 Å². The van der Waals surface area contributed by atoms with Crippen molar-refractivity contribution in [2.45, 2.75) is 6.92 Å². The van der Waals surface area contributed by atoms with Crippen molar-refractivity contribution in [3.05, 3.63) is 87.7 Å². The summed E-state index contributed by atoms with van der Waals surface area (Å²) in [4.78, 5) is 28.2. The molecule has 2 heterocycles. The molecule has 1 aliphatic heterocycles. The first-order valence-corrected chi connectivity index (χ1v) is 9.47. The molecule has 28 heavy (non-hydrogen) atoms. The lowest BCUT2D eigenvalue weighted by molar-refractivity contribution is -0.120. The number of nitrogens with one attached hydrogen (secondary N) is 1. The van der Waals surface area contributed by atoms with E-state index in [1.807, 2.05) is 54.8 Å². The molecule has 1 N–H and O–H groups in total. The van der Waals surface area contributed by atoms with Crippen LogP contribution >= 0.6 is 11.3 Å². The minimum atomic E-state index is -0.418. The van der Waals surface area contributed by atoms with Gasteiger partial charge in [0.05, 0.1) is 22.9 Å².